The van der Waals surface area contributed by atoms with Crippen molar-refractivity contribution in [2.75, 3.05) is 19.7 Å². The molecular formula is C34H34N2O5. The van der Waals surface area contributed by atoms with Crippen LogP contribution in [-0.2, 0) is 17.8 Å². The summed E-state index contributed by atoms with van der Waals surface area (Å²) >= 11 is 0. The summed E-state index contributed by atoms with van der Waals surface area (Å²) in [5, 5.41) is 2.88. The number of nitrogens with zero attached hydrogens (tertiary/aromatic N) is 1. The van der Waals surface area contributed by atoms with Gasteiger partial charge < -0.3 is 24.1 Å². The predicted octanol–water partition coefficient (Wildman–Crippen LogP) is 5.86. The Hall–Kier alpha value is -4.36. The molecule has 4 aromatic rings. The molecule has 7 nitrogen and oxygen atoms in total. The van der Waals surface area contributed by atoms with E-state index in [2.05, 4.69) is 36.5 Å². The summed E-state index contributed by atoms with van der Waals surface area (Å²) in [5.41, 5.74) is 5.13. The molecule has 3 aromatic carbocycles. The number of hydrogen-bond donors (Lipinski definition) is 1. The number of ether oxygens (including phenoxy) is 2. The molecule has 0 bridgehead atoms. The Bertz CT molecular complexity index is 1520. The number of hydrogen-bond acceptors (Lipinski definition) is 5. The molecule has 41 heavy (non-hydrogen) atoms. The molecule has 2 aliphatic heterocycles. The molecule has 7 heteroatoms. The monoisotopic (exact) mass is 550 g/mol. The SMILES string of the molecule is Cc1cccc(C2c3cc(OCc4ccc(C(=O)NCC5CCCO5)o4)ccc3CCN2C(=O)c2ccccc2)c1. The van der Waals surface area contributed by atoms with Gasteiger partial charge in [-0.1, -0.05) is 54.1 Å². The molecular weight excluding hydrogens is 516 g/mol. The van der Waals surface area contributed by atoms with Crippen molar-refractivity contribution in [1.29, 1.82) is 0 Å². The van der Waals surface area contributed by atoms with Gasteiger partial charge in [0.05, 0.1) is 12.1 Å². The number of rotatable bonds is 8. The van der Waals surface area contributed by atoms with Gasteiger partial charge >= 0.3 is 0 Å². The van der Waals surface area contributed by atoms with Crippen molar-refractivity contribution in [3.63, 3.8) is 0 Å². The number of furan rings is 1. The number of fused-ring (bicyclic) bond motifs is 1. The van der Waals surface area contributed by atoms with Gasteiger partial charge in [0.2, 0.25) is 0 Å². The largest absolute Gasteiger partial charge is 0.486 e. The van der Waals surface area contributed by atoms with Crippen LogP contribution in [0.3, 0.4) is 0 Å². The Labute approximate surface area is 240 Å². The highest BCUT2D eigenvalue weighted by molar-refractivity contribution is 5.95. The van der Waals surface area contributed by atoms with Crippen molar-refractivity contribution in [2.45, 2.75) is 44.9 Å². The van der Waals surface area contributed by atoms with Crippen LogP contribution >= 0.6 is 0 Å². The van der Waals surface area contributed by atoms with Crippen LogP contribution in [0, 0.1) is 6.92 Å². The zero-order chi connectivity index (χ0) is 28.2. The van der Waals surface area contributed by atoms with E-state index in [1.807, 2.05) is 53.4 Å². The van der Waals surface area contributed by atoms with E-state index < -0.39 is 0 Å². The lowest BCUT2D eigenvalue weighted by molar-refractivity contribution is 0.0694. The summed E-state index contributed by atoms with van der Waals surface area (Å²) in [7, 11) is 0. The van der Waals surface area contributed by atoms with Crippen LogP contribution in [0.25, 0.3) is 0 Å². The van der Waals surface area contributed by atoms with E-state index >= 15 is 0 Å². The summed E-state index contributed by atoms with van der Waals surface area (Å²) in [5.74, 6) is 1.23. The third-order valence-corrected chi connectivity index (χ3v) is 7.77. The van der Waals surface area contributed by atoms with Crippen LogP contribution in [0.5, 0.6) is 5.75 Å². The molecule has 2 unspecified atom stereocenters. The molecule has 3 heterocycles. The zero-order valence-electron chi connectivity index (χ0n) is 23.2. The van der Waals surface area contributed by atoms with Gasteiger partial charge in [0.1, 0.15) is 18.1 Å². The van der Waals surface area contributed by atoms with Crippen LogP contribution in [-0.4, -0.2) is 42.5 Å². The lowest BCUT2D eigenvalue weighted by Gasteiger charge is -2.38. The predicted molar refractivity (Wildman–Crippen MR) is 155 cm³/mol. The van der Waals surface area contributed by atoms with E-state index in [9.17, 15) is 9.59 Å². The summed E-state index contributed by atoms with van der Waals surface area (Å²) in [4.78, 5) is 28.2. The van der Waals surface area contributed by atoms with E-state index in [0.29, 0.717) is 30.2 Å². The highest BCUT2D eigenvalue weighted by atomic mass is 16.5. The molecule has 1 aromatic heterocycles. The standard InChI is InChI=1S/C34H34N2O5/c1-23-7-5-10-26(19-23)32-30-20-27(13-12-24(30)16-17-36(32)34(38)25-8-3-2-4-9-25)40-22-29-14-15-31(41-29)33(37)35-21-28-11-6-18-39-28/h2-5,7-10,12-15,19-20,28,32H,6,11,16-18,21-22H2,1H3,(H,35,37). The molecule has 1 N–H and O–H groups in total. The highest BCUT2D eigenvalue weighted by Gasteiger charge is 2.33. The van der Waals surface area contributed by atoms with E-state index in [0.717, 1.165) is 42.6 Å². The normalized spacial score (nSPS) is 18.1. The second-order valence-corrected chi connectivity index (χ2v) is 10.7. The van der Waals surface area contributed by atoms with E-state index in [1.165, 1.54) is 5.56 Å². The maximum absolute atomic E-state index is 13.7. The van der Waals surface area contributed by atoms with Gasteiger partial charge in [0.25, 0.3) is 11.8 Å². The summed E-state index contributed by atoms with van der Waals surface area (Å²) < 4.78 is 17.5. The summed E-state index contributed by atoms with van der Waals surface area (Å²) in [6, 6.07) is 27.0. The Morgan fingerprint density at radius 2 is 1.88 bits per heavy atom. The van der Waals surface area contributed by atoms with Crippen molar-refractivity contribution in [3.8, 4) is 5.75 Å². The Morgan fingerprint density at radius 3 is 2.68 bits per heavy atom. The molecule has 2 amide bonds. The Morgan fingerprint density at radius 1 is 1.00 bits per heavy atom. The molecule has 6 rings (SSSR count). The molecule has 1 saturated heterocycles. The van der Waals surface area contributed by atoms with Crippen molar-refractivity contribution < 1.29 is 23.5 Å². The van der Waals surface area contributed by atoms with Crippen LogP contribution in [0.15, 0.2) is 89.3 Å². The van der Waals surface area contributed by atoms with Crippen molar-refractivity contribution >= 4 is 11.8 Å². The highest BCUT2D eigenvalue weighted by Crippen LogP contribution is 2.38. The van der Waals surface area contributed by atoms with Crippen LogP contribution in [0.2, 0.25) is 0 Å². The fourth-order valence-electron chi connectivity index (χ4n) is 5.68. The lowest BCUT2D eigenvalue weighted by atomic mass is 9.87. The van der Waals surface area contributed by atoms with Gasteiger partial charge in [0.15, 0.2) is 5.76 Å². The first-order valence-corrected chi connectivity index (χ1v) is 14.2. The number of carbonyl (C=O) groups is 2. The van der Waals surface area contributed by atoms with E-state index in [4.69, 9.17) is 13.9 Å². The fourth-order valence-corrected chi connectivity index (χ4v) is 5.68. The molecule has 2 aliphatic rings. The zero-order valence-corrected chi connectivity index (χ0v) is 23.2. The third kappa shape index (κ3) is 6.05. The van der Waals surface area contributed by atoms with E-state index in [-0.39, 0.29) is 36.3 Å². The molecule has 1 fully saturated rings. The van der Waals surface area contributed by atoms with Crippen LogP contribution in [0.1, 0.15) is 67.8 Å². The minimum atomic E-state index is -0.260. The van der Waals surface area contributed by atoms with Gasteiger partial charge in [-0.15, -0.1) is 0 Å². The maximum Gasteiger partial charge on any atom is 0.287 e. The first-order valence-electron chi connectivity index (χ1n) is 14.2. The first kappa shape index (κ1) is 26.8. The Balaban J connectivity index is 1.20. The first-order chi connectivity index (χ1) is 20.0. The van der Waals surface area contributed by atoms with Crippen molar-refractivity contribution in [3.05, 3.63) is 124 Å². The minimum Gasteiger partial charge on any atom is -0.486 e. The minimum absolute atomic E-state index is 0.00922. The smallest absolute Gasteiger partial charge is 0.287 e. The van der Waals surface area contributed by atoms with Crippen LogP contribution < -0.4 is 10.1 Å². The topological polar surface area (TPSA) is 81.0 Å². The second kappa shape index (κ2) is 12.0. The number of carbonyl (C=O) groups excluding carboxylic acids is 2. The number of aryl methyl sites for hydroxylation is 1. The average molecular weight is 551 g/mol. The van der Waals surface area contributed by atoms with Gasteiger partial charge in [-0.2, -0.15) is 0 Å². The summed E-state index contributed by atoms with van der Waals surface area (Å²) in [6.07, 6.45) is 2.82. The van der Waals surface area contributed by atoms with Gasteiger partial charge in [0, 0.05) is 25.3 Å². The Kier molecular flexibility index (Phi) is 7.87. The molecule has 0 radical (unpaired) electrons. The lowest BCUT2D eigenvalue weighted by Crippen LogP contribution is -2.40. The van der Waals surface area contributed by atoms with Crippen molar-refractivity contribution in [2.24, 2.45) is 0 Å². The molecule has 0 spiro atoms. The number of benzene rings is 3. The summed E-state index contributed by atoms with van der Waals surface area (Å²) in [6.45, 7) is 4.10. The van der Waals surface area contributed by atoms with Crippen molar-refractivity contribution in [1.82, 2.24) is 10.2 Å². The number of amides is 2. The van der Waals surface area contributed by atoms with E-state index in [1.54, 1.807) is 12.1 Å². The molecule has 0 saturated carbocycles. The molecule has 210 valence electrons. The third-order valence-electron chi connectivity index (χ3n) is 7.77. The van der Waals surface area contributed by atoms with Gasteiger partial charge in [-0.25, -0.2) is 0 Å². The maximum atomic E-state index is 13.7. The van der Waals surface area contributed by atoms with Crippen LogP contribution in [0.4, 0.5) is 0 Å². The quantitative estimate of drug-likeness (QED) is 0.297. The van der Waals surface area contributed by atoms with Gasteiger partial charge in [-0.05, 0) is 79.3 Å². The average Bonchev–Trinajstić information content (AvgIpc) is 3.71. The van der Waals surface area contributed by atoms with Gasteiger partial charge in [-0.3, -0.25) is 9.59 Å². The number of nitrogens with one attached hydrogen (secondary N) is 1. The second-order valence-electron chi connectivity index (χ2n) is 10.7. The molecule has 0 aliphatic carbocycles. The molecule has 2 atom stereocenters. The fraction of sp³-hybridized carbons (Fsp3) is 0.294.